The topological polar surface area (TPSA) is 108 Å². The molecular formula is C49H93O8P. The van der Waals surface area contributed by atoms with E-state index in [1.807, 2.05) is 0 Å². The standard InChI is InChI=1S/C49H93O8P/c1-4-6-8-10-12-14-16-18-20-22-24-25-26-28-29-31-33-35-37-39-41-43-48(50)55-45-47(46-56-58(52,53)54-3)57-49(51)44-42-40-38-36-34-32-30-27-23-21-19-17-15-13-11-9-7-5-2/h15,17,21,23,47H,4-14,16,18-20,22,24-46H2,1-3H3,(H,52,53)/b17-15-,23-21-. The molecule has 342 valence electrons. The van der Waals surface area contributed by atoms with Gasteiger partial charge >= 0.3 is 19.8 Å². The molecule has 2 unspecified atom stereocenters. The second kappa shape index (κ2) is 45.1. The van der Waals surface area contributed by atoms with Gasteiger partial charge in [0.1, 0.15) is 6.61 Å². The van der Waals surface area contributed by atoms with Crippen LogP contribution in [0.3, 0.4) is 0 Å². The Labute approximate surface area is 358 Å². The molecule has 0 spiro atoms. The number of carbonyl (C=O) groups excluding carboxylic acids is 2. The highest BCUT2D eigenvalue weighted by molar-refractivity contribution is 7.47. The summed E-state index contributed by atoms with van der Waals surface area (Å²) in [5.74, 6) is -0.799. The van der Waals surface area contributed by atoms with E-state index >= 15 is 0 Å². The molecule has 0 fully saturated rings. The first-order chi connectivity index (χ1) is 28.3. The van der Waals surface area contributed by atoms with Crippen molar-refractivity contribution in [1.29, 1.82) is 0 Å². The fraction of sp³-hybridized carbons (Fsp3) is 0.878. The van der Waals surface area contributed by atoms with Gasteiger partial charge in [0.25, 0.3) is 0 Å². The number of phosphoric ester groups is 1. The number of unbranched alkanes of at least 4 members (excludes halogenated alkanes) is 31. The Hall–Kier alpha value is -1.47. The molecule has 0 heterocycles. The Kier molecular flexibility index (Phi) is 43.9. The van der Waals surface area contributed by atoms with Gasteiger partial charge in [-0.05, 0) is 44.9 Å². The molecule has 0 aromatic rings. The molecule has 0 radical (unpaired) electrons. The lowest BCUT2D eigenvalue weighted by molar-refractivity contribution is -0.161. The van der Waals surface area contributed by atoms with Gasteiger partial charge < -0.3 is 14.4 Å². The minimum absolute atomic E-state index is 0.224. The summed E-state index contributed by atoms with van der Waals surface area (Å²) in [4.78, 5) is 34.6. The first-order valence-electron chi connectivity index (χ1n) is 24.5. The van der Waals surface area contributed by atoms with Crippen molar-refractivity contribution in [3.05, 3.63) is 24.3 Å². The molecule has 0 aliphatic rings. The Morgan fingerprint density at radius 2 is 0.828 bits per heavy atom. The lowest BCUT2D eigenvalue weighted by Gasteiger charge is -2.19. The number of hydrogen-bond donors (Lipinski definition) is 1. The average molecular weight is 841 g/mol. The van der Waals surface area contributed by atoms with Gasteiger partial charge in [0.15, 0.2) is 6.10 Å². The van der Waals surface area contributed by atoms with Crippen molar-refractivity contribution in [2.45, 2.75) is 258 Å². The summed E-state index contributed by atoms with van der Waals surface area (Å²) < 4.78 is 32.1. The van der Waals surface area contributed by atoms with Crippen molar-refractivity contribution in [3.63, 3.8) is 0 Å². The van der Waals surface area contributed by atoms with Gasteiger partial charge in [0.2, 0.25) is 0 Å². The number of hydrogen-bond acceptors (Lipinski definition) is 7. The highest BCUT2D eigenvalue weighted by atomic mass is 31.2. The smallest absolute Gasteiger partial charge is 0.462 e. The van der Waals surface area contributed by atoms with Crippen molar-refractivity contribution in [3.8, 4) is 0 Å². The minimum Gasteiger partial charge on any atom is -0.462 e. The van der Waals surface area contributed by atoms with Crippen molar-refractivity contribution in [2.24, 2.45) is 0 Å². The summed E-state index contributed by atoms with van der Waals surface area (Å²) in [6, 6.07) is 0. The summed E-state index contributed by atoms with van der Waals surface area (Å²) in [5.41, 5.74) is 0. The van der Waals surface area contributed by atoms with Crippen LogP contribution in [0.15, 0.2) is 24.3 Å². The lowest BCUT2D eigenvalue weighted by Crippen LogP contribution is -2.29. The van der Waals surface area contributed by atoms with Crippen molar-refractivity contribution < 1.29 is 37.6 Å². The van der Waals surface area contributed by atoms with Gasteiger partial charge in [-0.15, -0.1) is 0 Å². The molecule has 0 aliphatic heterocycles. The van der Waals surface area contributed by atoms with Crippen LogP contribution in [0.2, 0.25) is 0 Å². The molecule has 2 atom stereocenters. The van der Waals surface area contributed by atoms with Gasteiger partial charge in [0, 0.05) is 20.0 Å². The Bertz CT molecular complexity index is 999. The molecule has 1 N–H and O–H groups in total. The zero-order valence-electron chi connectivity index (χ0n) is 38.2. The van der Waals surface area contributed by atoms with Gasteiger partial charge in [-0.2, -0.15) is 0 Å². The van der Waals surface area contributed by atoms with E-state index in [0.29, 0.717) is 12.8 Å². The van der Waals surface area contributed by atoms with Crippen LogP contribution in [0, 0.1) is 0 Å². The fourth-order valence-electron chi connectivity index (χ4n) is 7.16. The zero-order chi connectivity index (χ0) is 42.5. The molecule has 9 heteroatoms. The Balaban J connectivity index is 3.90. The van der Waals surface area contributed by atoms with Crippen LogP contribution in [0.25, 0.3) is 0 Å². The van der Waals surface area contributed by atoms with Crippen molar-refractivity contribution in [2.75, 3.05) is 20.3 Å². The number of rotatable bonds is 46. The summed E-state index contributed by atoms with van der Waals surface area (Å²) in [7, 11) is -3.20. The van der Waals surface area contributed by atoms with Crippen LogP contribution in [0.4, 0.5) is 0 Å². The third-order valence-corrected chi connectivity index (χ3v) is 11.9. The van der Waals surface area contributed by atoms with E-state index in [2.05, 4.69) is 42.7 Å². The molecule has 8 nitrogen and oxygen atoms in total. The van der Waals surface area contributed by atoms with Gasteiger partial charge in [-0.25, -0.2) is 4.57 Å². The Morgan fingerprint density at radius 3 is 1.22 bits per heavy atom. The number of phosphoric acid groups is 1. The van der Waals surface area contributed by atoms with Gasteiger partial charge in [-0.3, -0.25) is 18.6 Å². The van der Waals surface area contributed by atoms with E-state index in [4.69, 9.17) is 14.0 Å². The van der Waals surface area contributed by atoms with E-state index in [0.717, 1.165) is 58.5 Å². The molecule has 0 aromatic heterocycles. The highest BCUT2D eigenvalue weighted by Gasteiger charge is 2.24. The molecule has 0 saturated heterocycles. The minimum atomic E-state index is -4.26. The van der Waals surface area contributed by atoms with Crippen LogP contribution in [-0.4, -0.2) is 43.3 Å². The predicted molar refractivity (Wildman–Crippen MR) is 244 cm³/mol. The molecular weight excluding hydrogens is 748 g/mol. The number of esters is 2. The SMILES string of the molecule is CCCCCC/C=C\C/C=C\CCCCCCCCCC(=O)OC(COC(=O)CCCCCCCCCCCCCCCCCCCCCCC)COP(=O)(O)OC. The zero-order valence-corrected chi connectivity index (χ0v) is 39.1. The van der Waals surface area contributed by atoms with E-state index in [1.165, 1.54) is 167 Å². The molecule has 58 heavy (non-hydrogen) atoms. The van der Waals surface area contributed by atoms with Crippen molar-refractivity contribution in [1.82, 2.24) is 0 Å². The van der Waals surface area contributed by atoms with E-state index in [1.54, 1.807) is 0 Å². The maximum absolute atomic E-state index is 12.5. The predicted octanol–water partition coefficient (Wildman–Crippen LogP) is 15.8. The third-order valence-electron chi connectivity index (χ3n) is 10.9. The second-order valence-electron chi connectivity index (χ2n) is 16.6. The maximum Gasteiger partial charge on any atom is 0.472 e. The monoisotopic (exact) mass is 841 g/mol. The average Bonchev–Trinajstić information content (AvgIpc) is 3.21. The van der Waals surface area contributed by atoms with E-state index in [-0.39, 0.29) is 19.0 Å². The largest absolute Gasteiger partial charge is 0.472 e. The van der Waals surface area contributed by atoms with Crippen LogP contribution < -0.4 is 0 Å². The molecule has 0 rings (SSSR count). The van der Waals surface area contributed by atoms with Crippen LogP contribution in [0.1, 0.15) is 251 Å². The summed E-state index contributed by atoms with van der Waals surface area (Å²) in [5, 5.41) is 0. The van der Waals surface area contributed by atoms with Crippen LogP contribution in [-0.2, 0) is 32.7 Å². The molecule has 0 saturated carbocycles. The molecule has 0 bridgehead atoms. The van der Waals surface area contributed by atoms with Crippen LogP contribution >= 0.6 is 7.82 Å². The first-order valence-corrected chi connectivity index (χ1v) is 26.0. The quantitative estimate of drug-likeness (QED) is 0.0279. The van der Waals surface area contributed by atoms with Gasteiger partial charge in [-0.1, -0.05) is 218 Å². The number of allylic oxidation sites excluding steroid dienone is 4. The molecule has 0 amide bonds. The lowest BCUT2D eigenvalue weighted by atomic mass is 10.0. The fourth-order valence-corrected chi connectivity index (χ4v) is 7.62. The van der Waals surface area contributed by atoms with E-state index < -0.39 is 26.5 Å². The number of carbonyl (C=O) groups is 2. The third kappa shape index (κ3) is 44.1. The summed E-state index contributed by atoms with van der Waals surface area (Å²) in [6.07, 6.45) is 52.4. The van der Waals surface area contributed by atoms with Gasteiger partial charge in [0.05, 0.1) is 6.61 Å². The summed E-state index contributed by atoms with van der Waals surface area (Å²) >= 11 is 0. The van der Waals surface area contributed by atoms with E-state index in [9.17, 15) is 19.0 Å². The Morgan fingerprint density at radius 1 is 0.483 bits per heavy atom. The normalized spacial score (nSPS) is 13.4. The second-order valence-corrected chi connectivity index (χ2v) is 18.2. The summed E-state index contributed by atoms with van der Waals surface area (Å²) in [6.45, 7) is 3.91. The molecule has 0 aliphatic carbocycles. The molecule has 0 aromatic carbocycles. The van der Waals surface area contributed by atoms with Crippen LogP contribution in [0.5, 0.6) is 0 Å². The first kappa shape index (κ1) is 56.5. The van der Waals surface area contributed by atoms with Crippen molar-refractivity contribution >= 4 is 19.8 Å². The number of ether oxygens (including phenoxy) is 2. The maximum atomic E-state index is 12.5. The highest BCUT2D eigenvalue weighted by Crippen LogP contribution is 2.42.